The lowest BCUT2D eigenvalue weighted by Gasteiger charge is -2.51. The second-order valence-corrected chi connectivity index (χ2v) is 11.7. The molecule has 1 aromatic heterocycles. The summed E-state index contributed by atoms with van der Waals surface area (Å²) in [7, 11) is -2.32. The normalized spacial score (nSPS) is 23.5. The molecule has 4 heterocycles. The maximum absolute atomic E-state index is 13.2. The Morgan fingerprint density at radius 3 is 2.68 bits per heavy atom. The van der Waals surface area contributed by atoms with Crippen LogP contribution < -0.4 is 20.3 Å². The van der Waals surface area contributed by atoms with Crippen molar-refractivity contribution in [2.45, 2.75) is 36.7 Å². The van der Waals surface area contributed by atoms with Crippen LogP contribution in [0.5, 0.6) is 5.75 Å². The number of carbonyl (C=O) groups is 1. The van der Waals surface area contributed by atoms with Crippen LogP contribution in [0.2, 0.25) is 0 Å². The molecule has 3 aliphatic heterocycles. The van der Waals surface area contributed by atoms with Crippen LogP contribution in [0, 0.1) is 18.8 Å². The highest BCUT2D eigenvalue weighted by molar-refractivity contribution is 7.89. The first kappa shape index (κ1) is 26.1. The molecule has 200 valence electrons. The molecule has 0 radical (unpaired) electrons. The van der Waals surface area contributed by atoms with Crippen molar-refractivity contribution in [2.75, 3.05) is 20.2 Å². The Hall–Kier alpha value is -3.47. The fourth-order valence-corrected chi connectivity index (χ4v) is 6.56. The molecule has 3 saturated heterocycles. The van der Waals surface area contributed by atoms with Crippen LogP contribution in [0.25, 0.3) is 10.9 Å². The molecule has 0 spiro atoms. The number of piperidine rings is 3. The average Bonchev–Trinajstić information content (AvgIpc) is 2.94. The van der Waals surface area contributed by atoms with Crippen LogP contribution >= 0.6 is 0 Å². The zero-order valence-corrected chi connectivity index (χ0v) is 22.4. The van der Waals surface area contributed by atoms with Crippen molar-refractivity contribution in [3.63, 3.8) is 0 Å². The second kappa shape index (κ2) is 10.7. The van der Waals surface area contributed by atoms with E-state index >= 15 is 0 Å². The van der Waals surface area contributed by atoms with E-state index < -0.39 is 22.1 Å². The van der Waals surface area contributed by atoms with Crippen molar-refractivity contribution < 1.29 is 17.9 Å². The molecule has 9 nitrogen and oxygen atoms in total. The molecular weight excluding hydrogens is 502 g/mol. The van der Waals surface area contributed by atoms with E-state index in [1.54, 1.807) is 25.4 Å². The lowest BCUT2D eigenvalue weighted by Crippen LogP contribution is -2.59. The van der Waals surface area contributed by atoms with Gasteiger partial charge in [-0.25, -0.2) is 13.2 Å². The summed E-state index contributed by atoms with van der Waals surface area (Å²) < 4.78 is 30.9. The summed E-state index contributed by atoms with van der Waals surface area (Å²) in [4.78, 5) is 22.3. The van der Waals surface area contributed by atoms with Crippen LogP contribution in [0.3, 0.4) is 0 Å². The molecule has 3 N–H and O–H groups in total. The number of benzene rings is 2. The van der Waals surface area contributed by atoms with Crippen molar-refractivity contribution >= 4 is 27.0 Å². The fourth-order valence-electron chi connectivity index (χ4n) is 5.72. The molecule has 1 unspecified atom stereocenters. The highest BCUT2D eigenvalue weighted by Gasteiger charge is 2.43. The summed E-state index contributed by atoms with van der Waals surface area (Å²) in [6, 6.07) is 13.0. The molecule has 2 amide bonds. The Balaban J connectivity index is 1.43. The van der Waals surface area contributed by atoms with E-state index in [9.17, 15) is 13.2 Å². The quantitative estimate of drug-likeness (QED) is 0.300. The van der Waals surface area contributed by atoms with E-state index in [1.807, 2.05) is 37.3 Å². The van der Waals surface area contributed by atoms with Crippen molar-refractivity contribution in [3.05, 3.63) is 78.5 Å². The van der Waals surface area contributed by atoms with E-state index in [2.05, 4.69) is 32.0 Å². The number of fused-ring (bicyclic) bond motifs is 4. The fraction of sp³-hybridized carbons (Fsp3) is 0.357. The number of rotatable bonds is 8. The number of pyridine rings is 1. The van der Waals surface area contributed by atoms with E-state index in [1.165, 1.54) is 12.1 Å². The molecule has 3 fully saturated rings. The number of aromatic nitrogens is 1. The van der Waals surface area contributed by atoms with Gasteiger partial charge in [0.25, 0.3) is 10.0 Å². The first-order chi connectivity index (χ1) is 18.3. The van der Waals surface area contributed by atoms with Crippen LogP contribution in [-0.4, -0.2) is 50.6 Å². The second-order valence-electron chi connectivity index (χ2n) is 10.0. The lowest BCUT2D eigenvalue weighted by atomic mass is 9.73. The minimum Gasteiger partial charge on any atom is -0.497 e. The summed E-state index contributed by atoms with van der Waals surface area (Å²) in [5.41, 5.74) is 4.97. The number of nitrogens with one attached hydrogen (secondary N) is 3. The lowest BCUT2D eigenvalue weighted by molar-refractivity contribution is 0.00310. The summed E-state index contributed by atoms with van der Waals surface area (Å²) in [6.07, 6.45) is 5.76. The van der Waals surface area contributed by atoms with E-state index in [4.69, 9.17) is 4.74 Å². The Morgan fingerprint density at radius 2 is 2.00 bits per heavy atom. The molecule has 38 heavy (non-hydrogen) atoms. The van der Waals surface area contributed by atoms with E-state index in [0.29, 0.717) is 17.6 Å². The third-order valence-electron chi connectivity index (χ3n) is 7.77. The van der Waals surface area contributed by atoms with Gasteiger partial charge in [-0.05, 0) is 80.1 Å². The molecule has 2 bridgehead atoms. The van der Waals surface area contributed by atoms with Gasteiger partial charge in [0.05, 0.1) is 23.6 Å². The summed E-state index contributed by atoms with van der Waals surface area (Å²) in [6.45, 7) is 7.71. The number of carbonyl (C=O) groups excluding carboxylic acids is 1. The maximum Gasteiger partial charge on any atom is 0.330 e. The number of sulfonamides is 1. The predicted octanol–water partition coefficient (Wildman–Crippen LogP) is 3.68. The zero-order valence-electron chi connectivity index (χ0n) is 21.6. The molecule has 3 aromatic rings. The third kappa shape index (κ3) is 5.24. The highest BCUT2D eigenvalue weighted by Crippen LogP contribution is 2.42. The number of nitrogens with zero attached hydrogens (tertiary/aromatic N) is 2. The van der Waals surface area contributed by atoms with Gasteiger partial charge in [0.2, 0.25) is 0 Å². The first-order valence-corrected chi connectivity index (χ1v) is 14.2. The average molecular weight is 536 g/mol. The van der Waals surface area contributed by atoms with Crippen LogP contribution in [-0.2, 0) is 10.0 Å². The molecular formula is C28H33N5O4S. The maximum atomic E-state index is 13.2. The summed E-state index contributed by atoms with van der Waals surface area (Å²) in [5.74, 6) is 1.60. The topological polar surface area (TPSA) is 113 Å². The third-order valence-corrected chi connectivity index (χ3v) is 9.04. The number of aryl methyl sites for hydroxylation is 1. The van der Waals surface area contributed by atoms with Gasteiger partial charge >= 0.3 is 6.03 Å². The Bertz CT molecular complexity index is 1440. The standard InChI is InChI=1S/C28H33N5O4S/c1-4-19-17-33-14-12-20(19)15-26(33)27(23-11-13-29-25-10-7-21(37-3)16-24(23)25)30-28(34)31-32-38(35,36)22-8-5-18(2)6-9-22/h4-11,13,16,19-20,26-27,32H,1,12,14-15,17H2,2-3H3,(H2,30,31,34)/t19-,20-,26+,27-/m0/s1. The summed E-state index contributed by atoms with van der Waals surface area (Å²) >= 11 is 0. The number of methoxy groups -OCH3 is 1. The number of amides is 2. The first-order valence-electron chi connectivity index (χ1n) is 12.7. The van der Waals surface area contributed by atoms with Gasteiger partial charge in [0.1, 0.15) is 5.75 Å². The molecule has 5 atom stereocenters. The minimum atomic E-state index is -3.93. The zero-order chi connectivity index (χ0) is 26.9. The highest BCUT2D eigenvalue weighted by atomic mass is 32.2. The van der Waals surface area contributed by atoms with Gasteiger partial charge < -0.3 is 10.1 Å². The number of hydrazine groups is 1. The molecule has 6 rings (SSSR count). The van der Waals surface area contributed by atoms with Crippen LogP contribution in [0.15, 0.2) is 72.3 Å². The van der Waals surface area contributed by atoms with E-state index in [0.717, 1.165) is 48.0 Å². The Labute approximate surface area is 223 Å². The molecule has 0 saturated carbocycles. The van der Waals surface area contributed by atoms with Gasteiger partial charge in [-0.3, -0.25) is 15.3 Å². The number of urea groups is 1. The minimum absolute atomic E-state index is 0.0289. The van der Waals surface area contributed by atoms with Crippen molar-refractivity contribution in [3.8, 4) is 5.75 Å². The Morgan fingerprint density at radius 1 is 1.21 bits per heavy atom. The van der Waals surface area contributed by atoms with Gasteiger partial charge in [0.15, 0.2) is 0 Å². The summed E-state index contributed by atoms with van der Waals surface area (Å²) in [5, 5.41) is 3.95. The Kier molecular flexibility index (Phi) is 7.38. The molecule has 0 aliphatic carbocycles. The monoisotopic (exact) mass is 535 g/mol. The van der Waals surface area contributed by atoms with Gasteiger partial charge in [-0.1, -0.05) is 23.8 Å². The van der Waals surface area contributed by atoms with Crippen LogP contribution in [0.1, 0.15) is 30.0 Å². The van der Waals surface area contributed by atoms with Gasteiger partial charge in [0, 0.05) is 24.2 Å². The van der Waals surface area contributed by atoms with Gasteiger partial charge in [-0.2, -0.15) is 0 Å². The van der Waals surface area contributed by atoms with Crippen LogP contribution in [0.4, 0.5) is 4.79 Å². The number of ether oxygens (including phenoxy) is 1. The molecule has 10 heteroatoms. The van der Waals surface area contributed by atoms with Crippen molar-refractivity contribution in [2.24, 2.45) is 11.8 Å². The van der Waals surface area contributed by atoms with Gasteiger partial charge in [-0.15, -0.1) is 11.4 Å². The number of hydrogen-bond acceptors (Lipinski definition) is 6. The smallest absolute Gasteiger partial charge is 0.330 e. The van der Waals surface area contributed by atoms with Crippen molar-refractivity contribution in [1.82, 2.24) is 25.5 Å². The van der Waals surface area contributed by atoms with E-state index in [-0.39, 0.29) is 10.9 Å². The largest absolute Gasteiger partial charge is 0.497 e. The molecule has 3 aliphatic rings. The predicted molar refractivity (Wildman–Crippen MR) is 146 cm³/mol. The number of hydrogen-bond donors (Lipinski definition) is 3. The van der Waals surface area contributed by atoms with Crippen molar-refractivity contribution in [1.29, 1.82) is 0 Å². The molecule has 2 aromatic carbocycles. The SMILES string of the molecule is C=C[C@H]1CN2CC[C@H]1C[C@@H]2[C@@H](NC(=O)NNS(=O)(=O)c1ccc(C)cc1)c1ccnc2ccc(OC)cc12.